The van der Waals surface area contributed by atoms with Gasteiger partial charge in [0.25, 0.3) is 5.91 Å². The quantitative estimate of drug-likeness (QED) is 0.841. The molecule has 5 heteroatoms. The van der Waals surface area contributed by atoms with Crippen molar-refractivity contribution in [2.45, 2.75) is 59.4 Å². The summed E-state index contributed by atoms with van der Waals surface area (Å²) < 4.78 is 7.61. The summed E-state index contributed by atoms with van der Waals surface area (Å²) in [4.78, 5) is 12.3. The molecule has 0 aliphatic carbocycles. The smallest absolute Gasteiger partial charge is 0.263 e. The number of carbonyl (C=O) groups is 1. The van der Waals surface area contributed by atoms with Crippen molar-refractivity contribution in [3.05, 3.63) is 41.6 Å². The van der Waals surface area contributed by atoms with E-state index in [1.54, 1.807) is 0 Å². The van der Waals surface area contributed by atoms with E-state index in [0.717, 1.165) is 23.4 Å². The molecular formula is C20H29N3O2. The van der Waals surface area contributed by atoms with E-state index >= 15 is 0 Å². The van der Waals surface area contributed by atoms with Crippen LogP contribution in [0.1, 0.15) is 58.2 Å². The Labute approximate surface area is 150 Å². The van der Waals surface area contributed by atoms with Crippen LogP contribution in [0.4, 0.5) is 5.82 Å². The van der Waals surface area contributed by atoms with Crippen LogP contribution in [0.5, 0.6) is 5.75 Å². The van der Waals surface area contributed by atoms with Crippen LogP contribution in [0, 0.1) is 6.92 Å². The van der Waals surface area contributed by atoms with Gasteiger partial charge >= 0.3 is 0 Å². The van der Waals surface area contributed by atoms with Gasteiger partial charge in [-0.3, -0.25) is 4.79 Å². The molecule has 0 aliphatic heterocycles. The Kier molecular flexibility index (Phi) is 5.88. The number of benzene rings is 1. The number of aryl methyl sites for hydroxylation is 1. The molecule has 1 N–H and O–H groups in total. The normalized spacial score (nSPS) is 12.7. The number of para-hydroxylation sites is 1. The van der Waals surface area contributed by atoms with E-state index in [1.165, 1.54) is 0 Å². The topological polar surface area (TPSA) is 56.1 Å². The van der Waals surface area contributed by atoms with Crippen LogP contribution in [0.2, 0.25) is 0 Å². The minimum absolute atomic E-state index is 0.0260. The number of amides is 1. The molecule has 5 nitrogen and oxygen atoms in total. The highest BCUT2D eigenvalue weighted by Crippen LogP contribution is 2.28. The molecule has 2 aromatic rings. The van der Waals surface area contributed by atoms with Crippen LogP contribution in [0.15, 0.2) is 30.3 Å². The van der Waals surface area contributed by atoms with Gasteiger partial charge in [-0.15, -0.1) is 0 Å². The van der Waals surface area contributed by atoms with Crippen LogP contribution >= 0.6 is 0 Å². The molecule has 0 bridgehead atoms. The van der Waals surface area contributed by atoms with Gasteiger partial charge < -0.3 is 10.1 Å². The summed E-state index contributed by atoms with van der Waals surface area (Å²) in [6.07, 6.45) is 1.02. The van der Waals surface area contributed by atoms with Crippen molar-refractivity contribution in [3.63, 3.8) is 0 Å². The fourth-order valence-corrected chi connectivity index (χ4v) is 2.66. The van der Waals surface area contributed by atoms with Gasteiger partial charge in [0.05, 0.1) is 11.2 Å². The van der Waals surface area contributed by atoms with Crippen molar-refractivity contribution in [1.82, 2.24) is 9.78 Å². The highest BCUT2D eigenvalue weighted by molar-refractivity contribution is 5.91. The molecule has 1 amide bonds. The molecule has 1 heterocycles. The number of rotatable bonds is 6. The number of hydrogen-bond donors (Lipinski definition) is 1. The molecule has 0 aliphatic rings. The Morgan fingerprint density at radius 2 is 2.00 bits per heavy atom. The molecule has 2 rings (SSSR count). The minimum atomic E-state index is -0.207. The van der Waals surface area contributed by atoms with Crippen molar-refractivity contribution in [1.29, 1.82) is 0 Å². The summed E-state index contributed by atoms with van der Waals surface area (Å²) in [6.45, 7) is 12.3. The lowest BCUT2D eigenvalue weighted by Gasteiger charge is -2.22. The third-order valence-corrected chi connectivity index (χ3v) is 4.16. The van der Waals surface area contributed by atoms with Crippen molar-refractivity contribution >= 4 is 11.7 Å². The second-order valence-corrected chi connectivity index (χ2v) is 7.44. The Balaban J connectivity index is 2.06. The van der Waals surface area contributed by atoms with Crippen LogP contribution < -0.4 is 10.1 Å². The first-order valence-electron chi connectivity index (χ1n) is 8.81. The Bertz CT molecular complexity index is 729. The van der Waals surface area contributed by atoms with Crippen molar-refractivity contribution < 1.29 is 9.53 Å². The maximum atomic E-state index is 12.3. The van der Waals surface area contributed by atoms with Gasteiger partial charge in [0.15, 0.2) is 6.61 Å². The van der Waals surface area contributed by atoms with Gasteiger partial charge in [-0.05, 0) is 51.7 Å². The largest absolute Gasteiger partial charge is 0.483 e. The number of nitrogens with one attached hydrogen (secondary N) is 1. The molecule has 1 aromatic carbocycles. The summed E-state index contributed by atoms with van der Waals surface area (Å²) in [6, 6.07) is 9.77. The number of anilines is 1. The average Bonchev–Trinajstić information content (AvgIpc) is 2.93. The molecule has 1 unspecified atom stereocenters. The van der Waals surface area contributed by atoms with Gasteiger partial charge in [0, 0.05) is 6.07 Å². The SMILES string of the molecule is CCC(C)c1ccccc1OCC(=O)Nc1cc(C)nn1C(C)(C)C. The number of hydrogen-bond acceptors (Lipinski definition) is 3. The maximum absolute atomic E-state index is 12.3. The van der Waals surface area contributed by atoms with E-state index in [2.05, 4.69) is 30.3 Å². The number of carbonyl (C=O) groups excluding carboxylic acids is 1. The lowest BCUT2D eigenvalue weighted by atomic mass is 9.98. The highest BCUT2D eigenvalue weighted by atomic mass is 16.5. The van der Waals surface area contributed by atoms with Crippen molar-refractivity contribution in [3.8, 4) is 5.75 Å². The Hall–Kier alpha value is -2.30. The molecule has 1 atom stereocenters. The van der Waals surface area contributed by atoms with E-state index < -0.39 is 0 Å². The zero-order chi connectivity index (χ0) is 18.6. The summed E-state index contributed by atoms with van der Waals surface area (Å²) in [7, 11) is 0. The van der Waals surface area contributed by atoms with Gasteiger partial charge in [0.1, 0.15) is 11.6 Å². The summed E-state index contributed by atoms with van der Waals surface area (Å²) in [5.74, 6) is 1.66. The molecule has 0 saturated carbocycles. The van der Waals surface area contributed by atoms with Gasteiger partial charge in [-0.2, -0.15) is 5.10 Å². The lowest BCUT2D eigenvalue weighted by molar-refractivity contribution is -0.118. The molecular weight excluding hydrogens is 314 g/mol. The minimum Gasteiger partial charge on any atom is -0.483 e. The summed E-state index contributed by atoms with van der Waals surface area (Å²) in [5, 5.41) is 7.37. The second kappa shape index (κ2) is 7.72. The summed E-state index contributed by atoms with van der Waals surface area (Å²) >= 11 is 0. The number of nitrogens with zero attached hydrogens (tertiary/aromatic N) is 2. The van der Waals surface area contributed by atoms with E-state index in [-0.39, 0.29) is 18.1 Å². The first kappa shape index (κ1) is 19.0. The zero-order valence-corrected chi connectivity index (χ0v) is 16.1. The van der Waals surface area contributed by atoms with Crippen LogP contribution in [0.25, 0.3) is 0 Å². The second-order valence-electron chi connectivity index (χ2n) is 7.44. The third-order valence-electron chi connectivity index (χ3n) is 4.16. The van der Waals surface area contributed by atoms with Gasteiger partial charge in [-0.1, -0.05) is 32.0 Å². The third kappa shape index (κ3) is 4.84. The molecule has 0 radical (unpaired) electrons. The van der Waals surface area contributed by atoms with Crippen LogP contribution in [-0.4, -0.2) is 22.3 Å². The molecule has 0 spiro atoms. The predicted molar refractivity (Wildman–Crippen MR) is 101 cm³/mol. The number of aromatic nitrogens is 2. The molecule has 0 fully saturated rings. The lowest BCUT2D eigenvalue weighted by Crippen LogP contribution is -2.28. The first-order chi connectivity index (χ1) is 11.7. The molecule has 1 aromatic heterocycles. The van der Waals surface area contributed by atoms with Crippen molar-refractivity contribution in [2.75, 3.05) is 11.9 Å². The van der Waals surface area contributed by atoms with E-state index in [1.807, 2.05) is 56.6 Å². The fraction of sp³-hybridized carbons (Fsp3) is 0.500. The maximum Gasteiger partial charge on any atom is 0.263 e. The van der Waals surface area contributed by atoms with Crippen LogP contribution in [0.3, 0.4) is 0 Å². The average molecular weight is 343 g/mol. The van der Waals surface area contributed by atoms with Gasteiger partial charge in [0.2, 0.25) is 0 Å². The molecule has 136 valence electrons. The van der Waals surface area contributed by atoms with Crippen molar-refractivity contribution in [2.24, 2.45) is 0 Å². The standard InChI is InChI=1S/C20H29N3O2/c1-7-14(2)16-10-8-9-11-17(16)25-13-19(24)21-18-12-15(3)22-23(18)20(4,5)6/h8-12,14H,7,13H2,1-6H3,(H,21,24). The summed E-state index contributed by atoms with van der Waals surface area (Å²) in [5.41, 5.74) is 1.79. The van der Waals surface area contributed by atoms with E-state index in [4.69, 9.17) is 4.74 Å². The van der Waals surface area contributed by atoms with E-state index in [0.29, 0.717) is 11.7 Å². The predicted octanol–water partition coefficient (Wildman–Crippen LogP) is 4.48. The Morgan fingerprint density at radius 3 is 2.64 bits per heavy atom. The Morgan fingerprint density at radius 1 is 1.32 bits per heavy atom. The highest BCUT2D eigenvalue weighted by Gasteiger charge is 2.20. The monoisotopic (exact) mass is 343 g/mol. The number of ether oxygens (including phenoxy) is 1. The fourth-order valence-electron chi connectivity index (χ4n) is 2.66. The molecule has 25 heavy (non-hydrogen) atoms. The van der Waals surface area contributed by atoms with E-state index in [9.17, 15) is 4.79 Å². The molecule has 0 saturated heterocycles. The zero-order valence-electron chi connectivity index (χ0n) is 16.1. The van der Waals surface area contributed by atoms with Gasteiger partial charge in [-0.25, -0.2) is 4.68 Å². The first-order valence-corrected chi connectivity index (χ1v) is 8.81. The van der Waals surface area contributed by atoms with Crippen LogP contribution in [-0.2, 0) is 10.3 Å².